The second kappa shape index (κ2) is 32.2. The molecule has 9 heteroatoms. The number of hydrogen-bond acceptors (Lipinski definition) is 6. The van der Waals surface area contributed by atoms with Crippen LogP contribution >= 0.6 is 7.82 Å². The molecular weight excluding hydrogens is 613 g/mol. The Morgan fingerprint density at radius 1 is 0.660 bits per heavy atom. The number of hydrogen-bond donors (Lipinski definition) is 1. The van der Waals surface area contributed by atoms with Gasteiger partial charge < -0.3 is 18.9 Å². The smallest absolute Gasteiger partial charge is 0.457 e. The van der Waals surface area contributed by atoms with E-state index < -0.39 is 13.9 Å². The van der Waals surface area contributed by atoms with Crippen LogP contribution < -0.4 is 0 Å². The van der Waals surface area contributed by atoms with Crippen LogP contribution in [-0.2, 0) is 27.9 Å². The highest BCUT2D eigenvalue weighted by molar-refractivity contribution is 7.47. The average Bonchev–Trinajstić information content (AvgIpc) is 3.01. The number of allylic oxidation sites excluding steroid dienone is 4. The Morgan fingerprint density at radius 2 is 1.17 bits per heavy atom. The summed E-state index contributed by atoms with van der Waals surface area (Å²) in [7, 11) is 1.66. The van der Waals surface area contributed by atoms with Gasteiger partial charge in [0.2, 0.25) is 0 Å². The lowest BCUT2D eigenvalue weighted by molar-refractivity contribution is -0.870. The van der Waals surface area contributed by atoms with Gasteiger partial charge in [-0.15, -0.1) is 0 Å². The molecule has 278 valence electrons. The molecule has 0 aromatic carbocycles. The molecule has 2 unspecified atom stereocenters. The molecule has 0 aliphatic carbocycles. The summed E-state index contributed by atoms with van der Waals surface area (Å²) in [5.41, 5.74) is 0. The number of nitrogens with zero attached hydrogens (tertiary/aromatic N) is 1. The number of rotatable bonds is 35. The summed E-state index contributed by atoms with van der Waals surface area (Å²) < 4.78 is 34.8. The predicted octanol–water partition coefficient (Wildman–Crippen LogP) is 10.5. The Morgan fingerprint density at radius 3 is 1.77 bits per heavy atom. The van der Waals surface area contributed by atoms with Crippen molar-refractivity contribution in [1.82, 2.24) is 0 Å². The summed E-state index contributed by atoms with van der Waals surface area (Å²) >= 11 is 0. The van der Waals surface area contributed by atoms with Crippen molar-refractivity contribution in [1.29, 1.82) is 0 Å². The van der Waals surface area contributed by atoms with E-state index >= 15 is 0 Å². The zero-order valence-corrected chi connectivity index (χ0v) is 32.2. The molecule has 0 saturated heterocycles. The number of phosphoric ester groups is 1. The molecule has 0 aromatic rings. The summed E-state index contributed by atoms with van der Waals surface area (Å²) in [6.07, 6.45) is 33.5. The van der Waals surface area contributed by atoms with E-state index in [1.54, 1.807) is 0 Å². The normalized spacial score (nSPS) is 14.3. The van der Waals surface area contributed by atoms with Gasteiger partial charge in [0, 0.05) is 13.0 Å². The quantitative estimate of drug-likeness (QED) is 0.0233. The topological polar surface area (TPSA) is 91.3 Å². The van der Waals surface area contributed by atoms with E-state index in [1.165, 1.54) is 89.9 Å². The second-order valence-corrected chi connectivity index (χ2v) is 15.4. The fraction of sp³-hybridized carbons (Fsp3) is 0.868. The molecule has 0 aliphatic rings. The Bertz CT molecular complexity index is 812. The van der Waals surface area contributed by atoms with Gasteiger partial charge in [-0.2, -0.15) is 0 Å². The van der Waals surface area contributed by atoms with Crippen LogP contribution in [0.2, 0.25) is 0 Å². The maximum absolute atomic E-state index is 12.6. The van der Waals surface area contributed by atoms with Gasteiger partial charge in [0.1, 0.15) is 19.3 Å². The molecule has 0 spiro atoms. The standard InChI is InChI=1S/C38H74NO7P/c1-6-8-10-12-14-16-17-18-19-20-21-22-24-26-28-30-33-43-35-37(36-45-47(41,42)44-34-32-39(3,4)5)46-38(40)31-29-27-25-23-15-13-11-9-7-2/h14,16,18-19,37H,6-13,15,17,20-36H2,1-5H3/p+1/b16-14-,19-18-. The first-order valence-electron chi connectivity index (χ1n) is 19.1. The van der Waals surface area contributed by atoms with Crippen LogP contribution in [0.15, 0.2) is 24.3 Å². The molecule has 0 fully saturated rings. The van der Waals surface area contributed by atoms with Crippen molar-refractivity contribution in [2.24, 2.45) is 0 Å². The van der Waals surface area contributed by atoms with Crippen molar-refractivity contribution in [3.05, 3.63) is 24.3 Å². The van der Waals surface area contributed by atoms with Crippen LogP contribution in [-0.4, -0.2) is 75.6 Å². The van der Waals surface area contributed by atoms with Crippen molar-refractivity contribution in [2.75, 3.05) is 54.1 Å². The van der Waals surface area contributed by atoms with Gasteiger partial charge in [0.15, 0.2) is 0 Å². The Hall–Kier alpha value is -1.02. The first-order valence-corrected chi connectivity index (χ1v) is 20.6. The zero-order valence-electron chi connectivity index (χ0n) is 31.3. The van der Waals surface area contributed by atoms with Gasteiger partial charge in [-0.05, 0) is 44.9 Å². The van der Waals surface area contributed by atoms with Gasteiger partial charge in [-0.3, -0.25) is 13.8 Å². The maximum atomic E-state index is 12.6. The van der Waals surface area contributed by atoms with Gasteiger partial charge in [0.05, 0.1) is 34.4 Å². The highest BCUT2D eigenvalue weighted by Gasteiger charge is 2.26. The van der Waals surface area contributed by atoms with Gasteiger partial charge in [-0.25, -0.2) is 4.57 Å². The van der Waals surface area contributed by atoms with Crippen LogP contribution in [0.25, 0.3) is 0 Å². The summed E-state index contributed by atoms with van der Waals surface area (Å²) in [4.78, 5) is 22.7. The lowest BCUT2D eigenvalue weighted by atomic mass is 10.1. The number of carbonyl (C=O) groups is 1. The van der Waals surface area contributed by atoms with Gasteiger partial charge in [0.25, 0.3) is 0 Å². The number of likely N-dealkylation sites (N-methyl/N-ethyl adjacent to an activating group) is 1. The predicted molar refractivity (Wildman–Crippen MR) is 197 cm³/mol. The minimum atomic E-state index is -4.26. The summed E-state index contributed by atoms with van der Waals surface area (Å²) in [5.74, 6) is -0.322. The number of carbonyl (C=O) groups excluding carboxylic acids is 1. The zero-order chi connectivity index (χ0) is 34.9. The Labute approximate surface area is 290 Å². The van der Waals surface area contributed by atoms with Crippen LogP contribution in [0.5, 0.6) is 0 Å². The second-order valence-electron chi connectivity index (χ2n) is 14.0. The number of ether oxygens (including phenoxy) is 2. The first kappa shape index (κ1) is 46.0. The van der Waals surface area contributed by atoms with Crippen molar-refractivity contribution in [3.63, 3.8) is 0 Å². The molecule has 47 heavy (non-hydrogen) atoms. The molecule has 0 saturated carbocycles. The minimum Gasteiger partial charge on any atom is -0.457 e. The van der Waals surface area contributed by atoms with Crippen molar-refractivity contribution in [2.45, 2.75) is 161 Å². The SMILES string of the molecule is CCCCC/C=C\C/C=C\CCCCCCCCOCC(COP(=O)(O)OCC[N+](C)(C)C)OC(=O)CCCCCCCCCCC. The molecule has 0 bridgehead atoms. The van der Waals surface area contributed by atoms with Gasteiger partial charge in [-0.1, -0.05) is 128 Å². The third-order valence-electron chi connectivity index (χ3n) is 8.02. The van der Waals surface area contributed by atoms with E-state index in [9.17, 15) is 14.3 Å². The highest BCUT2D eigenvalue weighted by atomic mass is 31.2. The van der Waals surface area contributed by atoms with Gasteiger partial charge >= 0.3 is 13.8 Å². The minimum absolute atomic E-state index is 0.0877. The Kier molecular flexibility index (Phi) is 31.5. The average molecular weight is 689 g/mol. The van der Waals surface area contributed by atoms with E-state index in [0.29, 0.717) is 24.1 Å². The molecule has 0 rings (SSSR count). The fourth-order valence-electron chi connectivity index (χ4n) is 4.99. The summed E-state index contributed by atoms with van der Waals surface area (Å²) in [6.45, 7) is 5.55. The van der Waals surface area contributed by atoms with E-state index in [-0.39, 0.29) is 25.8 Å². The first-order chi connectivity index (χ1) is 22.6. The third kappa shape index (κ3) is 36.1. The third-order valence-corrected chi connectivity index (χ3v) is 9.00. The molecule has 2 atom stereocenters. The molecule has 1 N–H and O–H groups in total. The largest absolute Gasteiger partial charge is 0.472 e. The van der Waals surface area contributed by atoms with Crippen molar-refractivity contribution >= 4 is 13.8 Å². The molecule has 0 radical (unpaired) electrons. The van der Waals surface area contributed by atoms with Crippen molar-refractivity contribution in [3.8, 4) is 0 Å². The highest BCUT2D eigenvalue weighted by Crippen LogP contribution is 2.43. The number of esters is 1. The lowest BCUT2D eigenvalue weighted by Gasteiger charge is -2.24. The van der Waals surface area contributed by atoms with Crippen LogP contribution in [0.4, 0.5) is 0 Å². The molecule has 0 heterocycles. The number of phosphoric acid groups is 1. The summed E-state index contributed by atoms with van der Waals surface area (Å²) in [6, 6.07) is 0. The van der Waals surface area contributed by atoms with E-state index in [2.05, 4.69) is 38.2 Å². The molecule has 0 amide bonds. The van der Waals surface area contributed by atoms with E-state index in [4.69, 9.17) is 18.5 Å². The number of quaternary nitrogens is 1. The van der Waals surface area contributed by atoms with Crippen molar-refractivity contribution < 1.29 is 37.3 Å². The maximum Gasteiger partial charge on any atom is 0.472 e. The molecule has 0 aliphatic heterocycles. The molecular formula is C38H75NO7P+. The van der Waals surface area contributed by atoms with E-state index in [1.807, 2.05) is 21.1 Å². The van der Waals surface area contributed by atoms with Crippen LogP contribution in [0, 0.1) is 0 Å². The van der Waals surface area contributed by atoms with Crippen LogP contribution in [0.3, 0.4) is 0 Å². The monoisotopic (exact) mass is 689 g/mol. The van der Waals surface area contributed by atoms with Crippen LogP contribution in [0.1, 0.15) is 155 Å². The lowest BCUT2D eigenvalue weighted by Crippen LogP contribution is -2.37. The number of unbranched alkanes of at least 4 members (excludes halogenated alkanes) is 17. The summed E-state index contributed by atoms with van der Waals surface area (Å²) in [5, 5.41) is 0. The van der Waals surface area contributed by atoms with E-state index in [0.717, 1.165) is 44.9 Å². The Balaban J connectivity index is 4.27. The molecule has 0 aromatic heterocycles. The fourth-order valence-corrected chi connectivity index (χ4v) is 5.73. The molecule has 8 nitrogen and oxygen atoms in total.